The fourth-order valence-electron chi connectivity index (χ4n) is 0.683. The van der Waals surface area contributed by atoms with Crippen molar-refractivity contribution in [1.29, 1.82) is 0 Å². The summed E-state index contributed by atoms with van der Waals surface area (Å²) in [5, 5.41) is 0. The highest BCUT2D eigenvalue weighted by molar-refractivity contribution is 4.38. The Morgan fingerprint density at radius 2 is 1.06 bits per heavy atom. The van der Waals surface area contributed by atoms with Gasteiger partial charge in [-0.1, -0.05) is 19.8 Å². The minimum atomic E-state index is -4.94. The summed E-state index contributed by atoms with van der Waals surface area (Å²) < 4.78 is 67.9. The van der Waals surface area contributed by atoms with Gasteiger partial charge in [0.05, 0.1) is 6.42 Å². The lowest BCUT2D eigenvalue weighted by Gasteiger charge is -2.17. The van der Waals surface area contributed by atoms with Crippen LogP contribution in [0, 0.1) is 20.5 Å². The molecule has 0 radical (unpaired) electrons. The maximum Gasteiger partial charge on any atom is 0.207 e. The maximum absolute atomic E-state index is 8.49. The van der Waals surface area contributed by atoms with Crippen molar-refractivity contribution in [3.63, 3.8) is 0 Å². The molecule has 0 atom stereocenters. The van der Waals surface area contributed by atoms with Crippen LogP contribution < -0.4 is 48.7 Å². The average Bonchev–Trinajstić information content (AvgIpc) is 1.97. The molecule has 10 nitrogen and oxygen atoms in total. The lowest BCUT2D eigenvalue weighted by Crippen LogP contribution is -2.84. The zero-order valence-electron chi connectivity index (χ0n) is 9.84. The summed E-state index contributed by atoms with van der Waals surface area (Å²) in [5.41, 5.74) is 7.60. The highest BCUT2D eigenvalue weighted by Crippen LogP contribution is 1.96. The number of quaternary nitrogens is 2. The fourth-order valence-corrected chi connectivity index (χ4v) is 0.683. The number of unbranched alkanes of at least 4 members (excludes halogenated alkanes) is 2. The van der Waals surface area contributed by atoms with E-state index >= 15 is 0 Å². The zero-order chi connectivity index (χ0) is 15.4. The Morgan fingerprint density at radius 3 is 1.22 bits per heavy atom. The van der Waals surface area contributed by atoms with Gasteiger partial charge in [0, 0.05) is 0 Å². The van der Waals surface area contributed by atoms with Gasteiger partial charge in [0.25, 0.3) is 0 Å². The second-order valence-corrected chi connectivity index (χ2v) is 4.63. The van der Waals surface area contributed by atoms with Crippen LogP contribution in [0.4, 0.5) is 0 Å². The SMILES string of the molecule is CCCCCC([NH3+])[NH3+].[O-][Cl+3]([O-])([O-])[O-].[O-][Cl+3]([O-])([O-])[O-]. The molecule has 0 bridgehead atoms. The van der Waals surface area contributed by atoms with Crippen LogP contribution in [0.3, 0.4) is 0 Å². The normalized spacial score (nSPS) is 11.3. The standard InChI is InChI=1S/C6H16N2.2ClHO4/c1-2-3-4-5-6(7)8;2*2-1(3,4)5/h6H,2-5,7-8H2,1H3;2*(H,2,3,4,5). The third kappa shape index (κ3) is 139. The van der Waals surface area contributed by atoms with Crippen molar-refractivity contribution in [1.82, 2.24) is 0 Å². The Labute approximate surface area is 109 Å². The summed E-state index contributed by atoms with van der Waals surface area (Å²) in [7, 11) is -9.89. The predicted octanol–water partition coefficient (Wildman–Crippen LogP) is -10.1. The highest BCUT2D eigenvalue weighted by atomic mass is 35.7. The Kier molecular flexibility index (Phi) is 15.8. The molecule has 6 N–H and O–H groups in total. The first-order valence-electron chi connectivity index (χ1n) is 4.67. The second-order valence-electron chi connectivity index (χ2n) is 3.12. The summed E-state index contributed by atoms with van der Waals surface area (Å²) in [4.78, 5) is 0. The molecule has 0 spiro atoms. The van der Waals surface area contributed by atoms with Gasteiger partial charge in [0.15, 0.2) is 0 Å². The molecular weight excluding hydrogens is 299 g/mol. The van der Waals surface area contributed by atoms with E-state index in [1.165, 1.54) is 25.7 Å². The smallest absolute Gasteiger partial charge is 0.207 e. The third-order valence-corrected chi connectivity index (χ3v) is 1.22. The molecule has 0 aromatic rings. The summed E-state index contributed by atoms with van der Waals surface area (Å²) in [6.45, 7) is 2.21. The van der Waals surface area contributed by atoms with E-state index in [4.69, 9.17) is 37.3 Å². The maximum atomic E-state index is 8.49. The number of halogens is 2. The van der Waals surface area contributed by atoms with Crippen molar-refractivity contribution in [2.75, 3.05) is 0 Å². The van der Waals surface area contributed by atoms with Crippen LogP contribution in [-0.2, 0) is 0 Å². The highest BCUT2D eigenvalue weighted by Gasteiger charge is 1.97. The van der Waals surface area contributed by atoms with Crippen molar-refractivity contribution in [2.24, 2.45) is 0 Å². The van der Waals surface area contributed by atoms with Gasteiger partial charge in [-0.3, -0.25) is 0 Å². The monoisotopic (exact) mass is 316 g/mol. The summed E-state index contributed by atoms with van der Waals surface area (Å²) >= 11 is 0. The van der Waals surface area contributed by atoms with Gasteiger partial charge in [-0.2, -0.15) is 0 Å². The summed E-state index contributed by atoms with van der Waals surface area (Å²) in [6.07, 6.45) is 5.53. The molecule has 12 heteroatoms. The largest absolute Gasteiger partial charge is 0.309 e. The third-order valence-electron chi connectivity index (χ3n) is 1.22. The van der Waals surface area contributed by atoms with Crippen LogP contribution in [0.5, 0.6) is 0 Å². The van der Waals surface area contributed by atoms with Gasteiger partial charge in [-0.15, -0.1) is 20.5 Å². The summed E-state index contributed by atoms with van der Waals surface area (Å²) in [6, 6.07) is 0. The Hall–Kier alpha value is 0.180. The molecule has 0 fully saturated rings. The van der Waals surface area contributed by atoms with Gasteiger partial charge in [0.2, 0.25) is 6.17 Å². The van der Waals surface area contributed by atoms with E-state index in [1.807, 2.05) is 0 Å². The van der Waals surface area contributed by atoms with Gasteiger partial charge >= 0.3 is 0 Å². The van der Waals surface area contributed by atoms with Gasteiger partial charge in [-0.05, 0) is 6.42 Å². The molecule has 0 aromatic heterocycles. The van der Waals surface area contributed by atoms with Gasteiger partial charge < -0.3 is 11.5 Å². The topological polar surface area (TPSA) is 240 Å². The van der Waals surface area contributed by atoms with Crippen LogP contribution in [-0.4, -0.2) is 6.17 Å². The van der Waals surface area contributed by atoms with E-state index in [-0.39, 0.29) is 0 Å². The number of hydrogen-bond acceptors (Lipinski definition) is 8. The molecule has 0 rings (SSSR count). The first kappa shape index (κ1) is 23.3. The predicted molar refractivity (Wildman–Crippen MR) is 33.7 cm³/mol. The molecular formula is C6H18Cl2N2O8. The van der Waals surface area contributed by atoms with E-state index < -0.39 is 20.5 Å². The molecule has 0 aliphatic rings. The van der Waals surface area contributed by atoms with Crippen LogP contribution >= 0.6 is 0 Å². The molecule has 0 unspecified atom stereocenters. The van der Waals surface area contributed by atoms with Crippen molar-refractivity contribution in [3.05, 3.63) is 0 Å². The van der Waals surface area contributed by atoms with Crippen molar-refractivity contribution in [3.8, 4) is 0 Å². The summed E-state index contributed by atoms with van der Waals surface area (Å²) in [5.74, 6) is 0. The van der Waals surface area contributed by atoms with Crippen LogP contribution in [0.2, 0.25) is 0 Å². The molecule has 0 heterocycles. The van der Waals surface area contributed by atoms with E-state index in [2.05, 4.69) is 18.4 Å². The first-order chi connectivity index (χ1) is 7.77. The molecule has 114 valence electrons. The molecule has 0 amide bonds. The van der Waals surface area contributed by atoms with E-state index in [0.717, 1.165) is 0 Å². The lowest BCUT2D eigenvalue weighted by molar-refractivity contribution is -2.00. The molecule has 0 aromatic carbocycles. The van der Waals surface area contributed by atoms with Gasteiger partial charge in [0.1, 0.15) is 0 Å². The number of hydrogen-bond donors (Lipinski definition) is 2. The second kappa shape index (κ2) is 12.2. The van der Waals surface area contributed by atoms with Crippen molar-refractivity contribution < 1.29 is 69.2 Å². The molecule has 0 aliphatic carbocycles. The van der Waals surface area contributed by atoms with E-state index in [0.29, 0.717) is 6.17 Å². The quantitative estimate of drug-likeness (QED) is 0.371. The zero-order valence-corrected chi connectivity index (χ0v) is 11.4. The number of rotatable bonds is 4. The van der Waals surface area contributed by atoms with E-state index in [9.17, 15) is 0 Å². The minimum Gasteiger partial charge on any atom is -0.309 e. The Morgan fingerprint density at radius 1 is 0.778 bits per heavy atom. The van der Waals surface area contributed by atoms with E-state index in [1.54, 1.807) is 0 Å². The van der Waals surface area contributed by atoms with Crippen molar-refractivity contribution >= 4 is 0 Å². The minimum absolute atomic E-state index is 0.404. The fraction of sp³-hybridized carbons (Fsp3) is 1.00. The average molecular weight is 317 g/mol. The van der Waals surface area contributed by atoms with Gasteiger partial charge in [-0.25, -0.2) is 37.3 Å². The molecule has 0 saturated carbocycles. The lowest BCUT2D eigenvalue weighted by atomic mass is 10.2. The first-order valence-corrected chi connectivity index (χ1v) is 7.14. The Bertz CT molecular complexity index is 148. The van der Waals surface area contributed by atoms with Crippen molar-refractivity contribution in [2.45, 2.75) is 38.8 Å². The molecule has 0 saturated heterocycles. The van der Waals surface area contributed by atoms with Crippen LogP contribution in [0.25, 0.3) is 0 Å². The van der Waals surface area contributed by atoms with Crippen LogP contribution in [0.15, 0.2) is 0 Å². The molecule has 18 heavy (non-hydrogen) atoms. The van der Waals surface area contributed by atoms with Crippen LogP contribution in [0.1, 0.15) is 32.6 Å². The Balaban J connectivity index is -0.000000197. The molecule has 0 aliphatic heterocycles.